The van der Waals surface area contributed by atoms with Crippen LogP contribution in [0.1, 0.15) is 46.5 Å². The molecule has 1 rings (SSSR count). The molecule has 2 atom stereocenters. The zero-order valence-electron chi connectivity index (χ0n) is 10.9. The molecule has 0 aromatic carbocycles. The molecule has 0 radical (unpaired) electrons. The van der Waals surface area contributed by atoms with Crippen LogP contribution in [0, 0.1) is 5.92 Å². The summed E-state index contributed by atoms with van der Waals surface area (Å²) in [5.41, 5.74) is 0. The molecule has 2 heteroatoms. The van der Waals surface area contributed by atoms with Crippen molar-refractivity contribution in [3.8, 4) is 0 Å². The third kappa shape index (κ3) is 4.98. The summed E-state index contributed by atoms with van der Waals surface area (Å²) >= 11 is 0. The van der Waals surface area contributed by atoms with Gasteiger partial charge in [-0.25, -0.2) is 0 Å². The maximum atomic E-state index is 3.67. The molecule has 0 spiro atoms. The fraction of sp³-hybridized carbons (Fsp3) is 1.00. The summed E-state index contributed by atoms with van der Waals surface area (Å²) in [5, 5.41) is 3.67. The molecule has 1 heterocycles. The molecule has 0 amide bonds. The molecule has 1 saturated heterocycles. The Bertz CT molecular complexity index is 168. The van der Waals surface area contributed by atoms with E-state index in [0.29, 0.717) is 6.04 Å². The van der Waals surface area contributed by atoms with Crippen LogP contribution in [0.15, 0.2) is 0 Å². The summed E-state index contributed by atoms with van der Waals surface area (Å²) in [5.74, 6) is 0.802. The van der Waals surface area contributed by atoms with E-state index in [4.69, 9.17) is 0 Å². The van der Waals surface area contributed by atoms with E-state index in [1.165, 1.54) is 38.8 Å². The average molecular weight is 212 g/mol. The number of nitrogens with one attached hydrogen (secondary N) is 1. The molecule has 1 aliphatic rings. The van der Waals surface area contributed by atoms with E-state index in [1.807, 2.05) is 0 Å². The van der Waals surface area contributed by atoms with Crippen molar-refractivity contribution in [2.45, 2.75) is 58.5 Å². The van der Waals surface area contributed by atoms with Gasteiger partial charge in [0.25, 0.3) is 0 Å². The zero-order valence-corrected chi connectivity index (χ0v) is 10.9. The Morgan fingerprint density at radius 3 is 2.60 bits per heavy atom. The number of hydrogen-bond donors (Lipinski definition) is 1. The van der Waals surface area contributed by atoms with E-state index in [0.717, 1.165) is 12.0 Å². The van der Waals surface area contributed by atoms with Crippen molar-refractivity contribution < 1.29 is 0 Å². The molecule has 2 unspecified atom stereocenters. The molecule has 1 aliphatic heterocycles. The van der Waals surface area contributed by atoms with Crippen molar-refractivity contribution in [3.05, 3.63) is 0 Å². The molecule has 0 aromatic heterocycles. The highest BCUT2D eigenvalue weighted by atomic mass is 15.2. The van der Waals surface area contributed by atoms with Gasteiger partial charge in [-0.15, -0.1) is 0 Å². The Morgan fingerprint density at radius 2 is 2.00 bits per heavy atom. The summed E-state index contributed by atoms with van der Waals surface area (Å²) in [7, 11) is 2.26. The highest BCUT2D eigenvalue weighted by Crippen LogP contribution is 2.14. The van der Waals surface area contributed by atoms with Crippen LogP contribution in [0.4, 0.5) is 0 Å². The van der Waals surface area contributed by atoms with E-state index < -0.39 is 0 Å². The normalized spacial score (nSPS) is 25.8. The quantitative estimate of drug-likeness (QED) is 0.753. The maximum absolute atomic E-state index is 3.67. The minimum Gasteiger partial charge on any atom is -0.313 e. The van der Waals surface area contributed by atoms with Crippen LogP contribution in [0.25, 0.3) is 0 Å². The second-order valence-electron chi connectivity index (χ2n) is 5.57. The van der Waals surface area contributed by atoms with Crippen molar-refractivity contribution in [3.63, 3.8) is 0 Å². The van der Waals surface area contributed by atoms with Crippen LogP contribution in [-0.2, 0) is 0 Å². The monoisotopic (exact) mass is 212 g/mol. The molecule has 1 N–H and O–H groups in total. The standard InChI is InChI=1S/C13H28N2/c1-11(2)9-12(3)14-10-13-7-5-6-8-15(13)4/h11-14H,5-10H2,1-4H3. The van der Waals surface area contributed by atoms with Crippen LogP contribution < -0.4 is 5.32 Å². The number of likely N-dealkylation sites (N-methyl/N-ethyl adjacent to an activating group) is 1. The number of piperidine rings is 1. The van der Waals surface area contributed by atoms with Crippen LogP contribution >= 0.6 is 0 Å². The van der Waals surface area contributed by atoms with Gasteiger partial charge in [0.15, 0.2) is 0 Å². The van der Waals surface area contributed by atoms with Gasteiger partial charge in [0.05, 0.1) is 0 Å². The summed E-state index contributed by atoms with van der Waals surface area (Å²) < 4.78 is 0. The predicted molar refractivity (Wildman–Crippen MR) is 67.2 cm³/mol. The summed E-state index contributed by atoms with van der Waals surface area (Å²) in [6, 6.07) is 1.44. The first kappa shape index (κ1) is 13.0. The molecule has 0 bridgehead atoms. The predicted octanol–water partition coefficient (Wildman–Crippen LogP) is 2.49. The van der Waals surface area contributed by atoms with Crippen LogP contribution in [0.5, 0.6) is 0 Å². The summed E-state index contributed by atoms with van der Waals surface area (Å²) in [6.07, 6.45) is 5.46. The van der Waals surface area contributed by atoms with Gasteiger partial charge in [0.2, 0.25) is 0 Å². The third-order valence-corrected chi connectivity index (χ3v) is 3.45. The fourth-order valence-electron chi connectivity index (χ4n) is 2.53. The van der Waals surface area contributed by atoms with Crippen LogP contribution in [-0.4, -0.2) is 37.1 Å². The molecule has 2 nitrogen and oxygen atoms in total. The SMILES string of the molecule is CC(C)CC(C)NCC1CCCCN1C. The van der Waals surface area contributed by atoms with E-state index in [2.05, 4.69) is 38.0 Å². The molecule has 0 aliphatic carbocycles. The maximum Gasteiger partial charge on any atom is 0.0217 e. The Balaban J connectivity index is 2.17. The highest BCUT2D eigenvalue weighted by Gasteiger charge is 2.18. The van der Waals surface area contributed by atoms with E-state index in [9.17, 15) is 0 Å². The lowest BCUT2D eigenvalue weighted by Gasteiger charge is -2.33. The van der Waals surface area contributed by atoms with Gasteiger partial charge in [0.1, 0.15) is 0 Å². The minimum atomic E-state index is 0.667. The van der Waals surface area contributed by atoms with Gasteiger partial charge in [-0.2, -0.15) is 0 Å². The van der Waals surface area contributed by atoms with E-state index in [1.54, 1.807) is 0 Å². The number of likely N-dealkylation sites (tertiary alicyclic amines) is 1. The zero-order chi connectivity index (χ0) is 11.3. The van der Waals surface area contributed by atoms with Crippen molar-refractivity contribution in [2.75, 3.05) is 20.1 Å². The Kier molecular flexibility index (Phi) is 5.62. The average Bonchev–Trinajstić information content (AvgIpc) is 2.15. The Morgan fingerprint density at radius 1 is 1.27 bits per heavy atom. The number of hydrogen-bond acceptors (Lipinski definition) is 2. The lowest BCUT2D eigenvalue weighted by molar-refractivity contribution is 0.177. The highest BCUT2D eigenvalue weighted by molar-refractivity contribution is 4.77. The van der Waals surface area contributed by atoms with Crippen LogP contribution in [0.3, 0.4) is 0 Å². The van der Waals surface area contributed by atoms with Crippen molar-refractivity contribution >= 4 is 0 Å². The Labute approximate surface area is 95.4 Å². The molecule has 0 saturated carbocycles. The molecule has 1 fully saturated rings. The third-order valence-electron chi connectivity index (χ3n) is 3.45. The van der Waals surface area contributed by atoms with Gasteiger partial charge in [-0.05, 0) is 45.7 Å². The summed E-state index contributed by atoms with van der Waals surface area (Å²) in [4.78, 5) is 2.51. The van der Waals surface area contributed by atoms with E-state index in [-0.39, 0.29) is 0 Å². The molecule has 15 heavy (non-hydrogen) atoms. The smallest absolute Gasteiger partial charge is 0.0217 e. The lowest BCUT2D eigenvalue weighted by Crippen LogP contribution is -2.45. The van der Waals surface area contributed by atoms with Crippen molar-refractivity contribution in [1.82, 2.24) is 10.2 Å². The minimum absolute atomic E-state index is 0.667. The first-order valence-electron chi connectivity index (χ1n) is 6.53. The van der Waals surface area contributed by atoms with E-state index >= 15 is 0 Å². The van der Waals surface area contributed by atoms with Crippen molar-refractivity contribution in [1.29, 1.82) is 0 Å². The molecular formula is C13H28N2. The molecule has 90 valence electrons. The van der Waals surface area contributed by atoms with Gasteiger partial charge in [-0.1, -0.05) is 20.3 Å². The topological polar surface area (TPSA) is 15.3 Å². The first-order chi connectivity index (χ1) is 7.09. The van der Waals surface area contributed by atoms with Crippen LogP contribution in [0.2, 0.25) is 0 Å². The second kappa shape index (κ2) is 6.49. The van der Waals surface area contributed by atoms with Gasteiger partial charge in [0, 0.05) is 18.6 Å². The second-order valence-corrected chi connectivity index (χ2v) is 5.57. The largest absolute Gasteiger partial charge is 0.313 e. The first-order valence-corrected chi connectivity index (χ1v) is 6.53. The molecular weight excluding hydrogens is 184 g/mol. The molecule has 0 aromatic rings. The number of nitrogens with zero attached hydrogens (tertiary/aromatic N) is 1. The summed E-state index contributed by atoms with van der Waals surface area (Å²) in [6.45, 7) is 9.36. The Hall–Kier alpha value is -0.0800. The van der Waals surface area contributed by atoms with Crippen molar-refractivity contribution in [2.24, 2.45) is 5.92 Å². The van der Waals surface area contributed by atoms with Gasteiger partial charge < -0.3 is 10.2 Å². The lowest BCUT2D eigenvalue weighted by atomic mass is 10.0. The number of rotatable bonds is 5. The van der Waals surface area contributed by atoms with Gasteiger partial charge in [-0.3, -0.25) is 0 Å². The fourth-order valence-corrected chi connectivity index (χ4v) is 2.53. The van der Waals surface area contributed by atoms with Gasteiger partial charge >= 0.3 is 0 Å².